The molecule has 1 aromatic carbocycles. The topological polar surface area (TPSA) is 58.6 Å². The summed E-state index contributed by atoms with van der Waals surface area (Å²) in [5, 5.41) is 2.56. The van der Waals surface area contributed by atoms with Crippen LogP contribution in [0.15, 0.2) is 35.4 Å². The van der Waals surface area contributed by atoms with E-state index < -0.39 is 18.0 Å². The molecule has 2 amide bonds. The molecule has 1 saturated carbocycles. The van der Waals surface area contributed by atoms with E-state index in [0.29, 0.717) is 5.57 Å². The number of carbonyl (C=O) groups excluding carboxylic acids is 2. The Labute approximate surface area is 161 Å². The number of rotatable bonds is 5. The van der Waals surface area contributed by atoms with Gasteiger partial charge in [-0.3, -0.25) is 9.59 Å². The molecule has 0 aromatic heterocycles. The van der Waals surface area contributed by atoms with Gasteiger partial charge in [-0.25, -0.2) is 0 Å². The van der Waals surface area contributed by atoms with Crippen LogP contribution in [0, 0.1) is 0 Å². The van der Waals surface area contributed by atoms with Crippen LogP contribution in [-0.4, -0.2) is 35.2 Å². The van der Waals surface area contributed by atoms with Gasteiger partial charge in [0.25, 0.3) is 5.91 Å². The number of nitrogens with zero attached hydrogens (tertiary/aromatic N) is 1. The quantitative estimate of drug-likeness (QED) is 0.802. The lowest BCUT2D eigenvalue weighted by molar-refractivity contribution is -0.274. The predicted molar refractivity (Wildman–Crippen MR) is 97.6 cm³/mol. The van der Waals surface area contributed by atoms with E-state index in [4.69, 9.17) is 0 Å². The van der Waals surface area contributed by atoms with Gasteiger partial charge in [0.2, 0.25) is 5.91 Å². The van der Waals surface area contributed by atoms with Crippen LogP contribution in [0.1, 0.15) is 46.0 Å². The summed E-state index contributed by atoms with van der Waals surface area (Å²) in [5.41, 5.74) is 1.75. The number of nitrogens with one attached hydrogen (secondary N) is 1. The Morgan fingerprint density at radius 2 is 2.07 bits per heavy atom. The summed E-state index contributed by atoms with van der Waals surface area (Å²) in [6.45, 7) is 3.92. The normalized spacial score (nSPS) is 19.9. The molecule has 1 atom stereocenters. The van der Waals surface area contributed by atoms with E-state index >= 15 is 0 Å². The van der Waals surface area contributed by atoms with Crippen molar-refractivity contribution in [3.63, 3.8) is 0 Å². The van der Waals surface area contributed by atoms with E-state index in [9.17, 15) is 22.8 Å². The van der Waals surface area contributed by atoms with Gasteiger partial charge in [0.05, 0.1) is 12.5 Å². The maximum atomic E-state index is 12.9. The van der Waals surface area contributed by atoms with Gasteiger partial charge in [-0.2, -0.15) is 0 Å². The van der Waals surface area contributed by atoms with E-state index in [1.807, 2.05) is 18.7 Å². The SMILES string of the molecule is CC(C)N1C(=O)C(CC(=O)Nc2cccc(OC(F)(F)F)c2)=C2CCCCC21. The first kappa shape index (κ1) is 20.2. The van der Waals surface area contributed by atoms with Gasteiger partial charge in [0.1, 0.15) is 5.75 Å². The Bertz CT molecular complexity index is 802. The van der Waals surface area contributed by atoms with E-state index in [2.05, 4.69) is 10.1 Å². The maximum absolute atomic E-state index is 12.9. The summed E-state index contributed by atoms with van der Waals surface area (Å²) in [6, 6.07) is 5.19. The second-order valence-electron chi connectivity index (χ2n) is 7.37. The van der Waals surface area contributed by atoms with Crippen LogP contribution in [-0.2, 0) is 9.59 Å². The van der Waals surface area contributed by atoms with Crippen molar-refractivity contribution in [2.45, 2.75) is 64.4 Å². The predicted octanol–water partition coefficient (Wildman–Crippen LogP) is 4.40. The summed E-state index contributed by atoms with van der Waals surface area (Å²) in [5.74, 6) is -0.959. The molecule has 3 rings (SSSR count). The van der Waals surface area contributed by atoms with Crippen LogP contribution < -0.4 is 10.1 Å². The standard InChI is InChI=1S/C20H23F3N2O3/c1-12(2)25-17-9-4-3-8-15(17)16(19(25)27)11-18(26)24-13-6-5-7-14(10-13)28-20(21,22)23/h5-7,10,12,17H,3-4,8-9,11H2,1-2H3,(H,24,26). The van der Waals surface area contributed by atoms with Gasteiger partial charge in [0, 0.05) is 23.4 Å². The largest absolute Gasteiger partial charge is 0.573 e. The molecule has 5 nitrogen and oxygen atoms in total. The average molecular weight is 396 g/mol. The van der Waals surface area contributed by atoms with Gasteiger partial charge in [-0.15, -0.1) is 13.2 Å². The van der Waals surface area contributed by atoms with E-state index in [-0.39, 0.29) is 30.1 Å². The third-order valence-electron chi connectivity index (χ3n) is 5.04. The first-order valence-corrected chi connectivity index (χ1v) is 9.36. The van der Waals surface area contributed by atoms with Crippen molar-refractivity contribution in [2.24, 2.45) is 0 Å². The second-order valence-corrected chi connectivity index (χ2v) is 7.37. The number of alkyl halides is 3. The molecule has 0 radical (unpaired) electrons. The fourth-order valence-corrected chi connectivity index (χ4v) is 4.01. The highest BCUT2D eigenvalue weighted by molar-refractivity contribution is 6.05. The van der Waals surface area contributed by atoms with E-state index in [1.54, 1.807) is 0 Å². The summed E-state index contributed by atoms with van der Waals surface area (Å²) in [4.78, 5) is 27.2. The lowest BCUT2D eigenvalue weighted by Gasteiger charge is -2.33. The average Bonchev–Trinajstić information content (AvgIpc) is 2.86. The van der Waals surface area contributed by atoms with Gasteiger partial charge in [-0.1, -0.05) is 12.5 Å². The molecule has 8 heteroatoms. The molecule has 1 N–H and O–H groups in total. The zero-order chi connectivity index (χ0) is 20.5. The van der Waals surface area contributed by atoms with Crippen LogP contribution in [0.25, 0.3) is 0 Å². The highest BCUT2D eigenvalue weighted by Gasteiger charge is 2.41. The molecule has 1 heterocycles. The number of benzene rings is 1. The summed E-state index contributed by atoms with van der Waals surface area (Å²) in [6.07, 6.45) is -1.14. The first-order chi connectivity index (χ1) is 13.2. The van der Waals surface area contributed by atoms with Crippen molar-refractivity contribution >= 4 is 17.5 Å². The van der Waals surface area contributed by atoms with E-state index in [0.717, 1.165) is 43.4 Å². The Kier molecular flexibility index (Phi) is 5.67. The molecule has 1 unspecified atom stereocenters. The summed E-state index contributed by atoms with van der Waals surface area (Å²) in [7, 11) is 0. The molecule has 1 aliphatic carbocycles. The minimum atomic E-state index is -4.80. The highest BCUT2D eigenvalue weighted by Crippen LogP contribution is 2.39. The number of halogens is 3. The number of anilines is 1. The van der Waals surface area contributed by atoms with Gasteiger partial charge in [0.15, 0.2) is 0 Å². The zero-order valence-corrected chi connectivity index (χ0v) is 15.8. The van der Waals surface area contributed by atoms with Crippen molar-refractivity contribution < 1.29 is 27.5 Å². The third-order valence-corrected chi connectivity index (χ3v) is 5.04. The number of carbonyl (C=O) groups is 2. The molecule has 2 aliphatic rings. The maximum Gasteiger partial charge on any atom is 0.573 e. The van der Waals surface area contributed by atoms with Crippen LogP contribution in [0.5, 0.6) is 5.75 Å². The lowest BCUT2D eigenvalue weighted by Crippen LogP contribution is -2.41. The lowest BCUT2D eigenvalue weighted by atomic mass is 9.88. The molecule has 1 fully saturated rings. The highest BCUT2D eigenvalue weighted by atomic mass is 19.4. The molecule has 152 valence electrons. The van der Waals surface area contributed by atoms with Crippen molar-refractivity contribution in [1.82, 2.24) is 4.90 Å². The number of amides is 2. The molecule has 28 heavy (non-hydrogen) atoms. The minimum Gasteiger partial charge on any atom is -0.406 e. The van der Waals surface area contributed by atoms with Crippen molar-refractivity contribution in [3.05, 3.63) is 35.4 Å². The van der Waals surface area contributed by atoms with Crippen molar-refractivity contribution in [3.8, 4) is 5.75 Å². The number of hydrogen-bond donors (Lipinski definition) is 1. The zero-order valence-electron chi connectivity index (χ0n) is 15.8. The van der Waals surface area contributed by atoms with Crippen LogP contribution in [0.3, 0.4) is 0 Å². The fraction of sp³-hybridized carbons (Fsp3) is 0.500. The minimum absolute atomic E-state index is 0.0439. The van der Waals surface area contributed by atoms with Gasteiger partial charge in [-0.05, 0) is 50.8 Å². The molecule has 1 aliphatic heterocycles. The Morgan fingerprint density at radius 3 is 2.75 bits per heavy atom. The first-order valence-electron chi connectivity index (χ1n) is 9.36. The third kappa shape index (κ3) is 4.48. The Balaban J connectivity index is 1.72. The monoisotopic (exact) mass is 396 g/mol. The van der Waals surface area contributed by atoms with Crippen molar-refractivity contribution in [1.29, 1.82) is 0 Å². The van der Waals surface area contributed by atoms with Gasteiger partial charge >= 0.3 is 6.36 Å². The summed E-state index contributed by atoms with van der Waals surface area (Å²) >= 11 is 0. The Hall–Kier alpha value is -2.51. The van der Waals surface area contributed by atoms with Crippen LogP contribution in [0.2, 0.25) is 0 Å². The van der Waals surface area contributed by atoms with Crippen LogP contribution in [0.4, 0.5) is 18.9 Å². The van der Waals surface area contributed by atoms with Crippen LogP contribution >= 0.6 is 0 Å². The molecule has 1 aromatic rings. The van der Waals surface area contributed by atoms with E-state index in [1.165, 1.54) is 12.1 Å². The molecule has 0 bridgehead atoms. The molecule has 0 spiro atoms. The molecular weight excluding hydrogens is 373 g/mol. The second kappa shape index (κ2) is 7.85. The number of ether oxygens (including phenoxy) is 1. The molecule has 0 saturated heterocycles. The fourth-order valence-electron chi connectivity index (χ4n) is 4.01. The van der Waals surface area contributed by atoms with Crippen molar-refractivity contribution in [2.75, 3.05) is 5.32 Å². The Morgan fingerprint density at radius 1 is 1.32 bits per heavy atom. The summed E-state index contributed by atoms with van der Waals surface area (Å²) < 4.78 is 40.9. The van der Waals surface area contributed by atoms with Gasteiger partial charge < -0.3 is 15.0 Å². The smallest absolute Gasteiger partial charge is 0.406 e. The number of fused-ring (bicyclic) bond motifs is 1. The number of hydrogen-bond acceptors (Lipinski definition) is 3. The molecular formula is C20H23F3N2O3.